The van der Waals surface area contributed by atoms with Crippen molar-refractivity contribution in [3.8, 4) is 5.75 Å². The van der Waals surface area contributed by atoms with Crippen LogP contribution in [-0.4, -0.2) is 16.9 Å². The molecule has 0 spiro atoms. The Balaban J connectivity index is 2.51. The summed E-state index contributed by atoms with van der Waals surface area (Å²) in [6.07, 6.45) is 1.63. The number of nitrogens with two attached hydrogens (primary N) is 1. The molecule has 1 heterocycles. The van der Waals surface area contributed by atoms with E-state index in [1.165, 1.54) is 0 Å². The van der Waals surface area contributed by atoms with Crippen molar-refractivity contribution < 1.29 is 4.74 Å². The Kier molecular flexibility index (Phi) is 4.73. The Morgan fingerprint density at radius 1 is 1.40 bits per heavy atom. The zero-order valence-electron chi connectivity index (χ0n) is 11.6. The van der Waals surface area contributed by atoms with E-state index in [1.807, 2.05) is 36.7 Å². The number of rotatable bonds is 4. The Morgan fingerprint density at radius 2 is 2.10 bits per heavy atom. The lowest BCUT2D eigenvalue weighted by atomic mass is 10.0. The molecule has 2 rings (SSSR count). The number of benzene rings is 1. The molecule has 6 heteroatoms. The molecular weight excluding hydrogens is 342 g/mol. The number of hydrogen-bond donors (Lipinski definition) is 1. The molecule has 2 N–H and O–H groups in total. The molecule has 1 aromatic carbocycles. The smallest absolute Gasteiger partial charge is 0.125 e. The van der Waals surface area contributed by atoms with Crippen molar-refractivity contribution in [3.63, 3.8) is 0 Å². The van der Waals surface area contributed by atoms with Crippen molar-refractivity contribution in [3.05, 3.63) is 45.1 Å². The van der Waals surface area contributed by atoms with Crippen LogP contribution >= 0.6 is 27.5 Å². The first-order valence-corrected chi connectivity index (χ1v) is 7.44. The quantitative estimate of drug-likeness (QED) is 0.900. The van der Waals surface area contributed by atoms with Crippen LogP contribution in [0, 0.1) is 0 Å². The molecule has 1 atom stereocenters. The van der Waals surface area contributed by atoms with Crippen LogP contribution in [0.3, 0.4) is 0 Å². The van der Waals surface area contributed by atoms with Crippen molar-refractivity contribution in [1.29, 1.82) is 0 Å². The molecule has 0 aliphatic carbocycles. The second-order valence-electron chi connectivity index (χ2n) is 4.78. The summed E-state index contributed by atoms with van der Waals surface area (Å²) >= 11 is 9.67. The van der Waals surface area contributed by atoms with Crippen LogP contribution < -0.4 is 10.5 Å². The molecule has 0 bridgehead atoms. The number of nitrogens with zero attached hydrogens (tertiary/aromatic N) is 2. The molecule has 108 valence electrons. The molecule has 20 heavy (non-hydrogen) atoms. The Morgan fingerprint density at radius 3 is 2.70 bits per heavy atom. The minimum absolute atomic E-state index is 0.185. The van der Waals surface area contributed by atoms with Gasteiger partial charge in [-0.15, -0.1) is 0 Å². The lowest BCUT2D eigenvalue weighted by Gasteiger charge is -2.19. The van der Waals surface area contributed by atoms with Gasteiger partial charge in [0.05, 0.1) is 30.1 Å². The average molecular weight is 359 g/mol. The highest BCUT2D eigenvalue weighted by Crippen LogP contribution is 2.34. The zero-order chi connectivity index (χ0) is 14.9. The van der Waals surface area contributed by atoms with Crippen LogP contribution in [0.15, 0.2) is 28.9 Å². The van der Waals surface area contributed by atoms with Gasteiger partial charge in [-0.2, -0.15) is 5.10 Å². The third-order valence-electron chi connectivity index (χ3n) is 3.10. The van der Waals surface area contributed by atoms with Gasteiger partial charge in [0.2, 0.25) is 0 Å². The van der Waals surface area contributed by atoms with Gasteiger partial charge in [0.1, 0.15) is 5.75 Å². The molecule has 4 nitrogen and oxygen atoms in total. The average Bonchev–Trinajstić information content (AvgIpc) is 2.79. The third kappa shape index (κ3) is 2.85. The standard InChI is InChI=1S/C14H17BrClN3O/c1-8(2)19-14(11(16)7-18-19)13(17)10-5-4-9(15)6-12(10)20-3/h4-8,13H,17H2,1-3H3. The molecule has 0 radical (unpaired) electrons. The van der Waals surface area contributed by atoms with Crippen LogP contribution in [0.2, 0.25) is 5.02 Å². The van der Waals surface area contributed by atoms with Crippen LogP contribution in [0.1, 0.15) is 37.2 Å². The second-order valence-corrected chi connectivity index (χ2v) is 6.10. The number of aromatic nitrogens is 2. The lowest BCUT2D eigenvalue weighted by Crippen LogP contribution is -2.19. The van der Waals surface area contributed by atoms with E-state index in [0.717, 1.165) is 21.5 Å². The van der Waals surface area contributed by atoms with E-state index < -0.39 is 6.04 Å². The predicted molar refractivity (Wildman–Crippen MR) is 84.3 cm³/mol. The van der Waals surface area contributed by atoms with Crippen LogP contribution in [0.4, 0.5) is 0 Å². The highest BCUT2D eigenvalue weighted by molar-refractivity contribution is 9.10. The zero-order valence-corrected chi connectivity index (χ0v) is 13.9. The molecule has 0 aliphatic rings. The van der Waals surface area contributed by atoms with Crippen LogP contribution in [0.25, 0.3) is 0 Å². The normalized spacial score (nSPS) is 12.8. The molecule has 0 aliphatic heterocycles. The summed E-state index contributed by atoms with van der Waals surface area (Å²) in [5.74, 6) is 0.722. The molecular formula is C14H17BrClN3O. The number of methoxy groups -OCH3 is 1. The maximum absolute atomic E-state index is 6.39. The van der Waals surface area contributed by atoms with Gasteiger partial charge in [-0.05, 0) is 26.0 Å². The van der Waals surface area contributed by atoms with Gasteiger partial charge >= 0.3 is 0 Å². The minimum Gasteiger partial charge on any atom is -0.496 e. The van der Waals surface area contributed by atoms with E-state index in [1.54, 1.807) is 13.3 Å². The molecule has 1 aromatic heterocycles. The van der Waals surface area contributed by atoms with Gasteiger partial charge in [0.25, 0.3) is 0 Å². The number of hydrogen-bond acceptors (Lipinski definition) is 3. The largest absolute Gasteiger partial charge is 0.496 e. The third-order valence-corrected chi connectivity index (χ3v) is 3.89. The predicted octanol–water partition coefficient (Wildman–Crippen LogP) is 3.94. The fraction of sp³-hybridized carbons (Fsp3) is 0.357. The van der Waals surface area contributed by atoms with Crippen molar-refractivity contribution >= 4 is 27.5 Å². The van der Waals surface area contributed by atoms with Gasteiger partial charge in [-0.3, -0.25) is 4.68 Å². The topological polar surface area (TPSA) is 53.1 Å². The number of ether oxygens (including phenoxy) is 1. The van der Waals surface area contributed by atoms with E-state index in [4.69, 9.17) is 22.1 Å². The van der Waals surface area contributed by atoms with E-state index in [9.17, 15) is 0 Å². The summed E-state index contributed by atoms with van der Waals surface area (Å²) in [4.78, 5) is 0. The van der Waals surface area contributed by atoms with Crippen LogP contribution in [-0.2, 0) is 0 Å². The Labute approximate surface area is 132 Å². The first-order valence-electron chi connectivity index (χ1n) is 6.27. The summed E-state index contributed by atoms with van der Waals surface area (Å²) in [6.45, 7) is 4.08. The monoisotopic (exact) mass is 357 g/mol. The van der Waals surface area contributed by atoms with Gasteiger partial charge in [0.15, 0.2) is 0 Å². The van der Waals surface area contributed by atoms with E-state index >= 15 is 0 Å². The molecule has 0 saturated heterocycles. The van der Waals surface area contributed by atoms with Crippen molar-refractivity contribution in [2.24, 2.45) is 5.73 Å². The second kappa shape index (κ2) is 6.16. The van der Waals surface area contributed by atoms with E-state index in [0.29, 0.717) is 5.02 Å². The van der Waals surface area contributed by atoms with E-state index in [2.05, 4.69) is 21.0 Å². The van der Waals surface area contributed by atoms with Gasteiger partial charge < -0.3 is 10.5 Å². The summed E-state index contributed by atoms with van der Waals surface area (Å²) in [5, 5.41) is 4.86. The Hall–Kier alpha value is -1.04. The highest BCUT2D eigenvalue weighted by atomic mass is 79.9. The van der Waals surface area contributed by atoms with Crippen LogP contribution in [0.5, 0.6) is 5.75 Å². The minimum atomic E-state index is -0.393. The SMILES string of the molecule is COc1cc(Br)ccc1C(N)c1c(Cl)cnn1C(C)C. The maximum atomic E-state index is 6.39. The van der Waals surface area contributed by atoms with Crippen molar-refractivity contribution in [2.75, 3.05) is 7.11 Å². The first kappa shape index (κ1) is 15.4. The van der Waals surface area contributed by atoms with Gasteiger partial charge in [-0.1, -0.05) is 33.6 Å². The van der Waals surface area contributed by atoms with Crippen molar-refractivity contribution in [1.82, 2.24) is 9.78 Å². The fourth-order valence-corrected chi connectivity index (χ4v) is 2.73. The van der Waals surface area contributed by atoms with Gasteiger partial charge in [-0.25, -0.2) is 0 Å². The maximum Gasteiger partial charge on any atom is 0.125 e. The molecule has 2 aromatic rings. The summed E-state index contributed by atoms with van der Waals surface area (Å²) in [6, 6.07) is 5.54. The summed E-state index contributed by atoms with van der Waals surface area (Å²) in [5.41, 5.74) is 8.05. The summed E-state index contributed by atoms with van der Waals surface area (Å²) in [7, 11) is 1.62. The van der Waals surface area contributed by atoms with Gasteiger partial charge in [0, 0.05) is 16.1 Å². The summed E-state index contributed by atoms with van der Waals surface area (Å²) < 4.78 is 8.18. The van der Waals surface area contributed by atoms with E-state index in [-0.39, 0.29) is 6.04 Å². The number of halogens is 2. The lowest BCUT2D eigenvalue weighted by molar-refractivity contribution is 0.405. The van der Waals surface area contributed by atoms with Crippen molar-refractivity contribution in [2.45, 2.75) is 25.9 Å². The fourth-order valence-electron chi connectivity index (χ4n) is 2.14. The molecule has 0 amide bonds. The highest BCUT2D eigenvalue weighted by Gasteiger charge is 2.22. The molecule has 1 unspecified atom stereocenters. The Bertz CT molecular complexity index is 612. The first-order chi connectivity index (χ1) is 9.45. The molecule has 0 saturated carbocycles. The molecule has 0 fully saturated rings.